The van der Waals surface area contributed by atoms with Gasteiger partial charge in [-0.25, -0.2) is 4.98 Å². The monoisotopic (exact) mass is 456 g/mol. The first kappa shape index (κ1) is 22.7. The number of pyridine rings is 3. The molecule has 4 rings (SSSR count). The number of fused-ring (bicyclic) bond motifs is 1. The summed E-state index contributed by atoms with van der Waals surface area (Å²) in [5.41, 5.74) is 9.00. The van der Waals surface area contributed by atoms with Crippen LogP contribution in [0.4, 0.5) is 11.5 Å². The molecule has 0 atom stereocenters. The van der Waals surface area contributed by atoms with Crippen LogP contribution in [0.2, 0.25) is 0 Å². The number of anilines is 2. The maximum Gasteiger partial charge on any atom is 0.258 e. The van der Waals surface area contributed by atoms with Gasteiger partial charge in [-0.15, -0.1) is 0 Å². The van der Waals surface area contributed by atoms with Crippen LogP contribution in [-0.2, 0) is 17.8 Å². The number of benzene rings is 1. The number of rotatable bonds is 6. The smallest absolute Gasteiger partial charge is 0.258 e. The van der Waals surface area contributed by atoms with Gasteiger partial charge in [0.1, 0.15) is 17.0 Å². The number of nitrogen functional groups attached to an aromatic ring is 1. The zero-order chi connectivity index (χ0) is 24.2. The zero-order valence-corrected chi connectivity index (χ0v) is 18.8. The second kappa shape index (κ2) is 9.53. The SMILES string of the molecule is CCn1c(N)c(C(=O)NC)c(=O)c2ccc(-c3ccc(CC(=O)Nc4cccnc4)cc3)nc21. The van der Waals surface area contributed by atoms with Gasteiger partial charge in [-0.1, -0.05) is 24.3 Å². The van der Waals surface area contributed by atoms with E-state index in [2.05, 4.69) is 20.6 Å². The molecule has 0 bridgehead atoms. The topological polar surface area (TPSA) is 132 Å². The fourth-order valence-corrected chi connectivity index (χ4v) is 3.78. The Morgan fingerprint density at radius 2 is 1.85 bits per heavy atom. The summed E-state index contributed by atoms with van der Waals surface area (Å²) in [7, 11) is 1.45. The van der Waals surface area contributed by atoms with E-state index in [0.29, 0.717) is 29.0 Å². The van der Waals surface area contributed by atoms with Gasteiger partial charge >= 0.3 is 0 Å². The minimum absolute atomic E-state index is 0.0824. The highest BCUT2D eigenvalue weighted by atomic mass is 16.2. The van der Waals surface area contributed by atoms with Gasteiger partial charge in [0.05, 0.1) is 29.4 Å². The van der Waals surface area contributed by atoms with Gasteiger partial charge < -0.3 is 20.9 Å². The molecular formula is C25H24N6O3. The first-order chi connectivity index (χ1) is 16.4. The molecule has 0 saturated heterocycles. The van der Waals surface area contributed by atoms with E-state index in [9.17, 15) is 14.4 Å². The molecule has 172 valence electrons. The third kappa shape index (κ3) is 4.36. The van der Waals surface area contributed by atoms with E-state index < -0.39 is 11.3 Å². The van der Waals surface area contributed by atoms with Gasteiger partial charge in [-0.05, 0) is 36.8 Å². The van der Waals surface area contributed by atoms with Crippen LogP contribution in [0.3, 0.4) is 0 Å². The normalized spacial score (nSPS) is 10.8. The number of nitrogens with one attached hydrogen (secondary N) is 2. The summed E-state index contributed by atoms with van der Waals surface area (Å²) in [6.45, 7) is 2.31. The largest absolute Gasteiger partial charge is 0.384 e. The minimum atomic E-state index is -0.529. The number of amides is 2. The van der Waals surface area contributed by atoms with Crippen LogP contribution in [0.15, 0.2) is 65.7 Å². The molecule has 1 aromatic carbocycles. The van der Waals surface area contributed by atoms with E-state index in [0.717, 1.165) is 11.1 Å². The van der Waals surface area contributed by atoms with Crippen LogP contribution in [-0.4, -0.2) is 33.4 Å². The second-order valence-corrected chi connectivity index (χ2v) is 7.64. The maximum atomic E-state index is 12.9. The van der Waals surface area contributed by atoms with Crippen molar-refractivity contribution in [2.75, 3.05) is 18.1 Å². The molecule has 4 aromatic rings. The average Bonchev–Trinajstić information content (AvgIpc) is 2.85. The number of nitrogens with zero attached hydrogens (tertiary/aromatic N) is 3. The Morgan fingerprint density at radius 3 is 2.50 bits per heavy atom. The maximum absolute atomic E-state index is 12.9. The molecule has 3 aromatic heterocycles. The molecule has 0 saturated carbocycles. The Morgan fingerprint density at radius 1 is 1.09 bits per heavy atom. The van der Waals surface area contributed by atoms with Crippen molar-refractivity contribution < 1.29 is 9.59 Å². The van der Waals surface area contributed by atoms with Crippen molar-refractivity contribution in [2.24, 2.45) is 0 Å². The van der Waals surface area contributed by atoms with Gasteiger partial charge in [0.15, 0.2) is 0 Å². The molecule has 0 aliphatic carbocycles. The van der Waals surface area contributed by atoms with E-state index in [-0.39, 0.29) is 23.7 Å². The Kier molecular flexibility index (Phi) is 6.35. The summed E-state index contributed by atoms with van der Waals surface area (Å²) in [6.07, 6.45) is 3.45. The van der Waals surface area contributed by atoms with Gasteiger partial charge in [0, 0.05) is 25.4 Å². The molecule has 0 aliphatic rings. The van der Waals surface area contributed by atoms with Gasteiger partial charge in [0.2, 0.25) is 11.3 Å². The lowest BCUT2D eigenvalue weighted by Crippen LogP contribution is -2.30. The van der Waals surface area contributed by atoms with Crippen LogP contribution < -0.4 is 21.8 Å². The molecule has 9 nitrogen and oxygen atoms in total. The summed E-state index contributed by atoms with van der Waals surface area (Å²) in [5.74, 6) is -0.586. The molecule has 34 heavy (non-hydrogen) atoms. The quantitative estimate of drug-likeness (QED) is 0.409. The van der Waals surface area contributed by atoms with Crippen LogP contribution in [0.5, 0.6) is 0 Å². The van der Waals surface area contributed by atoms with E-state index in [1.807, 2.05) is 31.2 Å². The summed E-state index contributed by atoms with van der Waals surface area (Å²) in [5, 5.41) is 5.60. The van der Waals surface area contributed by atoms with Crippen molar-refractivity contribution in [3.8, 4) is 11.3 Å². The van der Waals surface area contributed by atoms with Gasteiger partial charge in [0.25, 0.3) is 5.91 Å². The highest BCUT2D eigenvalue weighted by Gasteiger charge is 2.20. The first-order valence-electron chi connectivity index (χ1n) is 10.8. The van der Waals surface area contributed by atoms with Crippen molar-refractivity contribution in [2.45, 2.75) is 19.9 Å². The summed E-state index contributed by atoms with van der Waals surface area (Å²) >= 11 is 0. The number of carbonyl (C=O) groups is 2. The summed E-state index contributed by atoms with van der Waals surface area (Å²) in [4.78, 5) is 46.1. The molecule has 0 radical (unpaired) electrons. The van der Waals surface area contributed by atoms with E-state index in [4.69, 9.17) is 5.73 Å². The number of aromatic nitrogens is 3. The fraction of sp³-hybridized carbons (Fsp3) is 0.160. The first-order valence-corrected chi connectivity index (χ1v) is 10.8. The van der Waals surface area contributed by atoms with Crippen LogP contribution in [0.25, 0.3) is 22.3 Å². The molecule has 4 N–H and O–H groups in total. The van der Waals surface area contributed by atoms with Crippen molar-refractivity contribution in [1.29, 1.82) is 0 Å². The summed E-state index contributed by atoms with van der Waals surface area (Å²) in [6, 6.07) is 14.4. The van der Waals surface area contributed by atoms with Crippen LogP contribution in [0, 0.1) is 0 Å². The minimum Gasteiger partial charge on any atom is -0.384 e. The molecule has 0 aliphatic heterocycles. The third-order valence-corrected chi connectivity index (χ3v) is 5.48. The number of aryl methyl sites for hydroxylation is 1. The number of nitrogens with two attached hydrogens (primary N) is 1. The zero-order valence-electron chi connectivity index (χ0n) is 18.8. The fourth-order valence-electron chi connectivity index (χ4n) is 3.78. The highest BCUT2D eigenvalue weighted by Crippen LogP contribution is 2.23. The molecule has 0 fully saturated rings. The Bertz CT molecular complexity index is 1430. The molecule has 0 spiro atoms. The van der Waals surface area contributed by atoms with Crippen molar-refractivity contribution in [3.05, 3.63) is 82.3 Å². The molecular weight excluding hydrogens is 432 g/mol. The molecule has 2 amide bonds. The lowest BCUT2D eigenvalue weighted by Gasteiger charge is -2.15. The number of carbonyl (C=O) groups excluding carboxylic acids is 2. The third-order valence-electron chi connectivity index (χ3n) is 5.48. The highest BCUT2D eigenvalue weighted by molar-refractivity contribution is 6.01. The Balaban J connectivity index is 1.63. The predicted molar refractivity (Wildman–Crippen MR) is 131 cm³/mol. The lowest BCUT2D eigenvalue weighted by atomic mass is 10.1. The van der Waals surface area contributed by atoms with Gasteiger partial charge in [-0.2, -0.15) is 0 Å². The lowest BCUT2D eigenvalue weighted by molar-refractivity contribution is -0.115. The summed E-state index contributed by atoms with van der Waals surface area (Å²) < 4.78 is 1.65. The van der Waals surface area contributed by atoms with E-state index in [1.54, 1.807) is 41.2 Å². The molecule has 3 heterocycles. The van der Waals surface area contributed by atoms with Crippen molar-refractivity contribution in [1.82, 2.24) is 19.9 Å². The van der Waals surface area contributed by atoms with Crippen molar-refractivity contribution in [3.63, 3.8) is 0 Å². The standard InChI is InChI=1S/C25H24N6O3/c1-3-31-23(26)21(25(34)27-2)22(33)18-10-11-19(30-24(18)31)16-8-6-15(7-9-16)13-20(32)29-17-5-4-12-28-14-17/h4-12,14H,3,13,26H2,1-2H3,(H,27,34)(H,29,32). The number of hydrogen-bond donors (Lipinski definition) is 3. The van der Waals surface area contributed by atoms with E-state index >= 15 is 0 Å². The predicted octanol–water partition coefficient (Wildman–Crippen LogP) is 2.60. The Hall–Kier alpha value is -4.53. The Labute approximate surface area is 195 Å². The number of hydrogen-bond acceptors (Lipinski definition) is 6. The van der Waals surface area contributed by atoms with Gasteiger partial charge in [-0.3, -0.25) is 19.4 Å². The van der Waals surface area contributed by atoms with E-state index in [1.165, 1.54) is 7.05 Å². The second-order valence-electron chi connectivity index (χ2n) is 7.64. The average molecular weight is 457 g/mol. The van der Waals surface area contributed by atoms with Crippen molar-refractivity contribution >= 4 is 34.4 Å². The van der Waals surface area contributed by atoms with Crippen LogP contribution in [0.1, 0.15) is 22.8 Å². The molecule has 0 unspecified atom stereocenters. The molecule has 9 heteroatoms. The van der Waals surface area contributed by atoms with Crippen LogP contribution >= 0.6 is 0 Å².